The summed E-state index contributed by atoms with van der Waals surface area (Å²) in [5.41, 5.74) is 1.24. The number of anilines is 1. The van der Waals surface area contributed by atoms with Crippen LogP contribution in [-0.2, 0) is 21.2 Å². The predicted molar refractivity (Wildman–Crippen MR) is 85.0 cm³/mol. The average molecular weight is 321 g/mol. The molecule has 5 nitrogen and oxygen atoms in total. The van der Waals surface area contributed by atoms with E-state index in [1.807, 2.05) is 6.07 Å². The van der Waals surface area contributed by atoms with Crippen molar-refractivity contribution in [1.82, 2.24) is 0 Å². The molecule has 0 bridgehead atoms. The summed E-state index contributed by atoms with van der Waals surface area (Å²) in [5.74, 6) is 0. The van der Waals surface area contributed by atoms with Crippen molar-refractivity contribution >= 4 is 15.7 Å². The third-order valence-corrected chi connectivity index (χ3v) is 4.40. The molecule has 0 amide bonds. The fourth-order valence-electron chi connectivity index (χ4n) is 2.03. The van der Waals surface area contributed by atoms with Gasteiger partial charge in [-0.25, -0.2) is 8.42 Å². The Morgan fingerprint density at radius 1 is 1.14 bits per heavy atom. The lowest BCUT2D eigenvalue weighted by Crippen LogP contribution is -2.16. The van der Waals surface area contributed by atoms with E-state index in [0.29, 0.717) is 18.7 Å². The van der Waals surface area contributed by atoms with Crippen molar-refractivity contribution in [2.45, 2.75) is 24.5 Å². The quantitative estimate of drug-likeness (QED) is 0.768. The van der Waals surface area contributed by atoms with Crippen LogP contribution in [0.1, 0.15) is 12.5 Å². The molecule has 1 unspecified atom stereocenters. The molecule has 2 N–H and O–H groups in total. The van der Waals surface area contributed by atoms with E-state index in [2.05, 4.69) is 4.72 Å². The number of aliphatic hydroxyl groups excluding tert-OH is 1. The Morgan fingerprint density at radius 2 is 1.86 bits per heavy atom. The van der Waals surface area contributed by atoms with Crippen LogP contribution in [0.3, 0.4) is 0 Å². The first-order valence-electron chi connectivity index (χ1n) is 6.98. The number of hydrogen-bond acceptors (Lipinski definition) is 4. The van der Waals surface area contributed by atoms with E-state index in [1.54, 1.807) is 43.3 Å². The molecule has 0 aliphatic rings. The zero-order chi connectivity index (χ0) is 16.0. The molecule has 6 heteroatoms. The Kier molecular flexibility index (Phi) is 5.54. The zero-order valence-corrected chi connectivity index (χ0v) is 13.1. The third-order valence-electron chi connectivity index (χ3n) is 3.00. The van der Waals surface area contributed by atoms with Gasteiger partial charge in [0.15, 0.2) is 6.29 Å². The second-order valence-electron chi connectivity index (χ2n) is 4.73. The molecule has 0 saturated carbocycles. The maximum atomic E-state index is 12.3. The highest BCUT2D eigenvalue weighted by Gasteiger charge is 2.14. The zero-order valence-electron chi connectivity index (χ0n) is 12.3. The molecular weight excluding hydrogens is 302 g/mol. The van der Waals surface area contributed by atoms with Crippen molar-refractivity contribution in [2.75, 3.05) is 11.3 Å². The van der Waals surface area contributed by atoms with Gasteiger partial charge in [0, 0.05) is 18.7 Å². The average Bonchev–Trinajstić information content (AvgIpc) is 2.48. The molecule has 0 aromatic heterocycles. The number of rotatable bonds is 7. The topological polar surface area (TPSA) is 75.6 Å². The van der Waals surface area contributed by atoms with Crippen molar-refractivity contribution in [3.05, 3.63) is 60.2 Å². The Hall–Kier alpha value is -1.89. The number of nitrogens with one attached hydrogen (secondary N) is 1. The summed E-state index contributed by atoms with van der Waals surface area (Å²) in [6.45, 7) is 2.22. The van der Waals surface area contributed by atoms with Crippen molar-refractivity contribution in [3.8, 4) is 0 Å². The highest BCUT2D eigenvalue weighted by Crippen LogP contribution is 2.18. The normalized spacial score (nSPS) is 12.8. The first kappa shape index (κ1) is 16.5. The van der Waals surface area contributed by atoms with Gasteiger partial charge in [-0.15, -0.1) is 0 Å². The monoisotopic (exact) mass is 321 g/mol. The van der Waals surface area contributed by atoms with Gasteiger partial charge in [0.05, 0.1) is 4.90 Å². The number of sulfonamides is 1. The second kappa shape index (κ2) is 7.40. The van der Waals surface area contributed by atoms with Crippen LogP contribution < -0.4 is 4.72 Å². The van der Waals surface area contributed by atoms with Crippen molar-refractivity contribution in [3.63, 3.8) is 0 Å². The molecule has 1 atom stereocenters. The summed E-state index contributed by atoms with van der Waals surface area (Å²) in [6, 6.07) is 15.1. The molecule has 118 valence electrons. The first-order chi connectivity index (χ1) is 10.5. The Labute approximate surface area is 130 Å². The van der Waals surface area contributed by atoms with Gasteiger partial charge in [0.25, 0.3) is 10.0 Å². The minimum absolute atomic E-state index is 0.203. The molecule has 2 rings (SSSR count). The summed E-state index contributed by atoms with van der Waals surface area (Å²) < 4.78 is 32.1. The standard InChI is InChI=1S/C16H19NO4S/c1-2-21-16(18)12-13-7-6-8-14(11-13)17-22(19,20)15-9-4-3-5-10-15/h3-11,16-18H,2,12H2,1H3. The van der Waals surface area contributed by atoms with Crippen LogP contribution in [0.5, 0.6) is 0 Å². The molecule has 0 spiro atoms. The van der Waals surface area contributed by atoms with E-state index in [1.165, 1.54) is 12.1 Å². The van der Waals surface area contributed by atoms with Crippen molar-refractivity contribution in [1.29, 1.82) is 0 Å². The van der Waals surface area contributed by atoms with Crippen LogP contribution in [0.2, 0.25) is 0 Å². The highest BCUT2D eigenvalue weighted by molar-refractivity contribution is 7.92. The second-order valence-corrected chi connectivity index (χ2v) is 6.42. The van der Waals surface area contributed by atoms with Crippen molar-refractivity contribution in [2.24, 2.45) is 0 Å². The van der Waals surface area contributed by atoms with E-state index in [4.69, 9.17) is 4.74 Å². The molecule has 22 heavy (non-hydrogen) atoms. The highest BCUT2D eigenvalue weighted by atomic mass is 32.2. The van der Waals surface area contributed by atoms with Gasteiger partial charge < -0.3 is 9.84 Å². The molecule has 0 heterocycles. The molecule has 2 aromatic carbocycles. The molecular formula is C16H19NO4S. The number of ether oxygens (including phenoxy) is 1. The van der Waals surface area contributed by atoms with E-state index >= 15 is 0 Å². The first-order valence-corrected chi connectivity index (χ1v) is 8.46. The predicted octanol–water partition coefficient (Wildman–Crippen LogP) is 2.38. The van der Waals surface area contributed by atoms with Gasteiger partial charge in [-0.2, -0.15) is 0 Å². The Bertz CT molecular complexity index is 701. The van der Waals surface area contributed by atoms with Gasteiger partial charge in [0.1, 0.15) is 0 Å². The van der Waals surface area contributed by atoms with Gasteiger partial charge in [-0.05, 0) is 36.8 Å². The third kappa shape index (κ3) is 4.56. The van der Waals surface area contributed by atoms with Gasteiger partial charge in [-0.1, -0.05) is 30.3 Å². The van der Waals surface area contributed by atoms with E-state index in [-0.39, 0.29) is 4.90 Å². The lowest BCUT2D eigenvalue weighted by Gasteiger charge is -2.12. The van der Waals surface area contributed by atoms with Crippen LogP contribution in [0.15, 0.2) is 59.5 Å². The van der Waals surface area contributed by atoms with Crippen LogP contribution in [0.4, 0.5) is 5.69 Å². The largest absolute Gasteiger partial charge is 0.368 e. The molecule has 2 aromatic rings. The fraction of sp³-hybridized carbons (Fsp3) is 0.250. The summed E-state index contributed by atoms with van der Waals surface area (Å²) in [5, 5.41) is 9.64. The maximum Gasteiger partial charge on any atom is 0.261 e. The summed E-state index contributed by atoms with van der Waals surface area (Å²) in [4.78, 5) is 0.203. The minimum atomic E-state index is -3.61. The summed E-state index contributed by atoms with van der Waals surface area (Å²) in [6.07, 6.45) is -0.597. The van der Waals surface area contributed by atoms with E-state index in [0.717, 1.165) is 5.56 Å². The molecule has 0 fully saturated rings. The number of benzene rings is 2. The van der Waals surface area contributed by atoms with E-state index in [9.17, 15) is 13.5 Å². The van der Waals surface area contributed by atoms with Gasteiger partial charge >= 0.3 is 0 Å². The number of hydrogen-bond donors (Lipinski definition) is 2. The summed E-state index contributed by atoms with van der Waals surface area (Å²) >= 11 is 0. The van der Waals surface area contributed by atoms with Crippen LogP contribution in [0.25, 0.3) is 0 Å². The molecule has 0 aliphatic heterocycles. The lowest BCUT2D eigenvalue weighted by atomic mass is 10.1. The Balaban J connectivity index is 2.13. The van der Waals surface area contributed by atoms with Crippen LogP contribution >= 0.6 is 0 Å². The minimum Gasteiger partial charge on any atom is -0.368 e. The molecule has 0 saturated heterocycles. The van der Waals surface area contributed by atoms with Crippen LogP contribution in [-0.4, -0.2) is 26.4 Å². The maximum absolute atomic E-state index is 12.3. The van der Waals surface area contributed by atoms with E-state index < -0.39 is 16.3 Å². The van der Waals surface area contributed by atoms with Crippen molar-refractivity contribution < 1.29 is 18.3 Å². The van der Waals surface area contributed by atoms with Gasteiger partial charge in [0.2, 0.25) is 0 Å². The molecule has 0 radical (unpaired) electrons. The number of aliphatic hydroxyl groups is 1. The van der Waals surface area contributed by atoms with Crippen LogP contribution in [0, 0.1) is 0 Å². The summed E-state index contributed by atoms with van der Waals surface area (Å²) in [7, 11) is -3.61. The fourth-order valence-corrected chi connectivity index (χ4v) is 3.10. The lowest BCUT2D eigenvalue weighted by molar-refractivity contribution is -0.0927. The molecule has 0 aliphatic carbocycles. The smallest absolute Gasteiger partial charge is 0.261 e. The SMILES string of the molecule is CCOC(O)Cc1cccc(NS(=O)(=O)c2ccccc2)c1. The Morgan fingerprint density at radius 3 is 2.55 bits per heavy atom. The van der Waals surface area contributed by atoms with Gasteiger partial charge in [-0.3, -0.25) is 4.72 Å².